The van der Waals surface area contributed by atoms with Gasteiger partial charge in [-0.3, -0.25) is 19.3 Å². The van der Waals surface area contributed by atoms with Crippen LogP contribution in [0, 0.1) is 0 Å². The standard InChI is InChI=1S/C18H22N2O3/c1-18(2,3)13-6-4-12(5-7-13)17(23)19-10-14(11-19)20-15(21)8-9-16(20)22/h4-7,14H,8-11H2,1-3H3. The van der Waals surface area contributed by atoms with Crippen molar-refractivity contribution in [2.24, 2.45) is 0 Å². The highest BCUT2D eigenvalue weighted by Crippen LogP contribution is 2.25. The molecule has 122 valence electrons. The zero-order valence-corrected chi connectivity index (χ0v) is 13.8. The summed E-state index contributed by atoms with van der Waals surface area (Å²) in [6, 6.07) is 7.52. The molecule has 3 rings (SSSR count). The first-order valence-corrected chi connectivity index (χ1v) is 8.02. The molecule has 2 saturated heterocycles. The fourth-order valence-electron chi connectivity index (χ4n) is 3.08. The summed E-state index contributed by atoms with van der Waals surface area (Å²) in [6.07, 6.45) is 0.606. The van der Waals surface area contributed by atoms with E-state index in [2.05, 4.69) is 20.8 Å². The largest absolute Gasteiger partial charge is 0.334 e. The molecule has 0 N–H and O–H groups in total. The van der Waals surface area contributed by atoms with Crippen molar-refractivity contribution in [1.29, 1.82) is 0 Å². The number of rotatable bonds is 2. The molecular weight excluding hydrogens is 292 g/mol. The molecule has 0 aliphatic carbocycles. The van der Waals surface area contributed by atoms with Crippen molar-refractivity contribution >= 4 is 17.7 Å². The van der Waals surface area contributed by atoms with E-state index in [-0.39, 0.29) is 29.2 Å². The van der Waals surface area contributed by atoms with Crippen LogP contribution in [0.3, 0.4) is 0 Å². The van der Waals surface area contributed by atoms with Gasteiger partial charge in [0.2, 0.25) is 11.8 Å². The Kier molecular flexibility index (Phi) is 3.74. The Balaban J connectivity index is 1.63. The zero-order chi connectivity index (χ0) is 16.8. The van der Waals surface area contributed by atoms with E-state index < -0.39 is 0 Å². The highest BCUT2D eigenvalue weighted by atomic mass is 16.2. The van der Waals surface area contributed by atoms with Gasteiger partial charge < -0.3 is 4.90 Å². The number of hydrogen-bond acceptors (Lipinski definition) is 3. The number of carbonyl (C=O) groups excluding carboxylic acids is 3. The van der Waals surface area contributed by atoms with Gasteiger partial charge in [-0.05, 0) is 23.1 Å². The van der Waals surface area contributed by atoms with E-state index in [0.29, 0.717) is 31.5 Å². The van der Waals surface area contributed by atoms with Crippen molar-refractivity contribution in [2.45, 2.75) is 45.1 Å². The summed E-state index contributed by atoms with van der Waals surface area (Å²) < 4.78 is 0. The number of likely N-dealkylation sites (tertiary alicyclic amines) is 2. The summed E-state index contributed by atoms with van der Waals surface area (Å²) in [4.78, 5) is 38.9. The molecule has 0 bridgehead atoms. The Bertz CT molecular complexity index is 636. The molecule has 23 heavy (non-hydrogen) atoms. The minimum Gasteiger partial charge on any atom is -0.334 e. The van der Waals surface area contributed by atoms with E-state index in [1.165, 1.54) is 10.5 Å². The molecule has 2 aliphatic rings. The Morgan fingerprint density at radius 2 is 1.52 bits per heavy atom. The van der Waals surface area contributed by atoms with Crippen molar-refractivity contribution in [1.82, 2.24) is 9.80 Å². The van der Waals surface area contributed by atoms with Gasteiger partial charge in [0.1, 0.15) is 0 Å². The van der Waals surface area contributed by atoms with Gasteiger partial charge in [-0.25, -0.2) is 0 Å². The van der Waals surface area contributed by atoms with Gasteiger partial charge in [-0.15, -0.1) is 0 Å². The summed E-state index contributed by atoms with van der Waals surface area (Å²) in [5.74, 6) is -0.260. The Hall–Kier alpha value is -2.17. The molecule has 0 radical (unpaired) electrons. The van der Waals surface area contributed by atoms with E-state index in [1.54, 1.807) is 4.90 Å². The van der Waals surface area contributed by atoms with Crippen molar-refractivity contribution < 1.29 is 14.4 Å². The predicted molar refractivity (Wildman–Crippen MR) is 85.9 cm³/mol. The topological polar surface area (TPSA) is 57.7 Å². The predicted octanol–water partition coefficient (Wildman–Crippen LogP) is 1.96. The normalized spacial score (nSPS) is 19.3. The minimum absolute atomic E-state index is 0.0409. The van der Waals surface area contributed by atoms with E-state index in [0.717, 1.165) is 0 Å². The first-order chi connectivity index (χ1) is 10.8. The summed E-state index contributed by atoms with van der Waals surface area (Å²) in [5.41, 5.74) is 1.89. The number of nitrogens with zero attached hydrogens (tertiary/aromatic N) is 2. The summed E-state index contributed by atoms with van der Waals surface area (Å²) >= 11 is 0. The smallest absolute Gasteiger partial charge is 0.253 e. The van der Waals surface area contributed by atoms with E-state index in [9.17, 15) is 14.4 Å². The third kappa shape index (κ3) is 2.87. The number of carbonyl (C=O) groups is 3. The van der Waals surface area contributed by atoms with Gasteiger partial charge >= 0.3 is 0 Å². The Morgan fingerprint density at radius 3 is 2.00 bits per heavy atom. The lowest BCUT2D eigenvalue weighted by Gasteiger charge is -2.43. The number of amides is 3. The third-order valence-corrected chi connectivity index (χ3v) is 4.60. The molecule has 0 atom stereocenters. The van der Waals surface area contributed by atoms with Crippen molar-refractivity contribution in [3.8, 4) is 0 Å². The van der Waals surface area contributed by atoms with Crippen LogP contribution in [0.25, 0.3) is 0 Å². The van der Waals surface area contributed by atoms with Gasteiger partial charge in [-0.1, -0.05) is 32.9 Å². The molecule has 3 amide bonds. The van der Waals surface area contributed by atoms with Gasteiger partial charge in [0.05, 0.1) is 6.04 Å². The van der Waals surface area contributed by atoms with Gasteiger partial charge in [0.15, 0.2) is 0 Å². The average Bonchev–Trinajstić information content (AvgIpc) is 2.77. The zero-order valence-electron chi connectivity index (χ0n) is 13.8. The fraction of sp³-hybridized carbons (Fsp3) is 0.500. The second-order valence-corrected chi connectivity index (χ2v) is 7.35. The van der Waals surface area contributed by atoms with Crippen molar-refractivity contribution in [3.05, 3.63) is 35.4 Å². The quantitative estimate of drug-likeness (QED) is 0.784. The van der Waals surface area contributed by atoms with E-state index in [1.807, 2.05) is 24.3 Å². The van der Waals surface area contributed by atoms with E-state index >= 15 is 0 Å². The molecule has 1 aromatic carbocycles. The van der Waals surface area contributed by atoms with Crippen LogP contribution >= 0.6 is 0 Å². The maximum Gasteiger partial charge on any atom is 0.253 e. The van der Waals surface area contributed by atoms with Gasteiger partial charge in [0, 0.05) is 31.5 Å². The van der Waals surface area contributed by atoms with Crippen LogP contribution in [0.15, 0.2) is 24.3 Å². The molecule has 5 nitrogen and oxygen atoms in total. The molecule has 2 heterocycles. The molecule has 2 aliphatic heterocycles. The lowest BCUT2D eigenvalue weighted by atomic mass is 9.86. The molecule has 0 spiro atoms. The molecule has 5 heteroatoms. The van der Waals surface area contributed by atoms with Crippen molar-refractivity contribution in [2.75, 3.05) is 13.1 Å². The molecule has 0 saturated carbocycles. The summed E-state index contributed by atoms with van der Waals surface area (Å²) in [5, 5.41) is 0. The van der Waals surface area contributed by atoms with Gasteiger partial charge in [0.25, 0.3) is 5.91 Å². The molecule has 0 unspecified atom stereocenters. The monoisotopic (exact) mass is 314 g/mol. The highest BCUT2D eigenvalue weighted by molar-refractivity contribution is 6.03. The molecule has 1 aromatic rings. The fourth-order valence-corrected chi connectivity index (χ4v) is 3.08. The summed E-state index contributed by atoms with van der Waals surface area (Å²) in [7, 11) is 0. The number of hydrogen-bond donors (Lipinski definition) is 0. The Labute approximate surface area is 136 Å². The van der Waals surface area contributed by atoms with Crippen LogP contribution < -0.4 is 0 Å². The SMILES string of the molecule is CC(C)(C)c1ccc(C(=O)N2CC(N3C(=O)CCC3=O)C2)cc1. The third-order valence-electron chi connectivity index (χ3n) is 4.60. The second-order valence-electron chi connectivity index (χ2n) is 7.35. The van der Waals surface area contributed by atoms with Crippen LogP contribution in [-0.4, -0.2) is 46.7 Å². The highest BCUT2D eigenvalue weighted by Gasteiger charge is 2.42. The van der Waals surface area contributed by atoms with Crippen LogP contribution in [0.5, 0.6) is 0 Å². The molecule has 0 aromatic heterocycles. The van der Waals surface area contributed by atoms with Crippen molar-refractivity contribution in [3.63, 3.8) is 0 Å². The van der Waals surface area contributed by atoms with Crippen LogP contribution in [-0.2, 0) is 15.0 Å². The molecular formula is C18H22N2O3. The number of benzene rings is 1. The van der Waals surface area contributed by atoms with Crippen LogP contribution in [0.2, 0.25) is 0 Å². The lowest BCUT2D eigenvalue weighted by Crippen LogP contribution is -2.62. The number of imide groups is 1. The van der Waals surface area contributed by atoms with E-state index in [4.69, 9.17) is 0 Å². The lowest BCUT2D eigenvalue weighted by molar-refractivity contribution is -0.144. The Morgan fingerprint density at radius 1 is 1.00 bits per heavy atom. The van der Waals surface area contributed by atoms with Gasteiger partial charge in [-0.2, -0.15) is 0 Å². The van der Waals surface area contributed by atoms with Crippen LogP contribution in [0.4, 0.5) is 0 Å². The van der Waals surface area contributed by atoms with Crippen LogP contribution in [0.1, 0.15) is 49.5 Å². The maximum atomic E-state index is 12.4. The minimum atomic E-state index is -0.143. The maximum absolute atomic E-state index is 12.4. The average molecular weight is 314 g/mol. The first-order valence-electron chi connectivity index (χ1n) is 8.02. The second kappa shape index (κ2) is 5.48. The summed E-state index contributed by atoms with van der Waals surface area (Å²) in [6.45, 7) is 7.28. The molecule has 2 fully saturated rings. The first kappa shape index (κ1) is 15.7.